The highest BCUT2D eigenvalue weighted by Crippen LogP contribution is 2.20. The fourth-order valence-corrected chi connectivity index (χ4v) is 1.64. The van der Waals surface area contributed by atoms with Gasteiger partial charge in [-0.3, -0.25) is 0 Å². The summed E-state index contributed by atoms with van der Waals surface area (Å²) in [6.45, 7) is 0.142. The van der Waals surface area contributed by atoms with Crippen molar-refractivity contribution in [1.82, 2.24) is 9.97 Å². The van der Waals surface area contributed by atoms with Crippen LogP contribution in [0, 0.1) is 0 Å². The van der Waals surface area contributed by atoms with Crippen LogP contribution in [0.5, 0.6) is 0 Å². The Balaban J connectivity index is 2.56. The smallest absolute Gasteiger partial charge is 0.0931 e. The zero-order chi connectivity index (χ0) is 9.26. The number of aliphatic hydroxyl groups excluding tert-OH is 1. The van der Waals surface area contributed by atoms with Crippen LogP contribution in [-0.4, -0.2) is 21.7 Å². The predicted octanol–water partition coefficient (Wildman–Crippen LogP) is 1.39. The first kappa shape index (κ1) is 8.59. The van der Waals surface area contributed by atoms with Crippen LogP contribution in [0.3, 0.4) is 0 Å². The molecular weight excluding hydrogens is 184 g/mol. The van der Waals surface area contributed by atoms with Crippen LogP contribution >= 0.6 is 12.6 Å². The highest BCUT2D eigenvalue weighted by Gasteiger charge is 2.02. The third-order valence-electron chi connectivity index (χ3n) is 2.00. The molecule has 0 saturated heterocycles. The van der Waals surface area contributed by atoms with Crippen molar-refractivity contribution in [2.45, 2.75) is 11.3 Å². The van der Waals surface area contributed by atoms with Crippen molar-refractivity contribution in [2.75, 3.05) is 6.61 Å². The van der Waals surface area contributed by atoms with Gasteiger partial charge in [-0.25, -0.2) is 4.98 Å². The Morgan fingerprint density at radius 2 is 2.31 bits per heavy atom. The lowest BCUT2D eigenvalue weighted by Gasteiger charge is -2.02. The molecule has 4 heteroatoms. The topological polar surface area (TPSA) is 48.9 Å². The first-order chi connectivity index (χ1) is 6.31. The highest BCUT2D eigenvalue weighted by atomic mass is 32.1. The predicted molar refractivity (Wildman–Crippen MR) is 54.1 cm³/mol. The Labute approximate surface area is 81.2 Å². The van der Waals surface area contributed by atoms with Gasteiger partial charge >= 0.3 is 0 Å². The maximum absolute atomic E-state index is 8.80. The molecular formula is C9H10N2OS. The quantitative estimate of drug-likeness (QED) is 0.633. The molecule has 0 aliphatic heterocycles. The summed E-state index contributed by atoms with van der Waals surface area (Å²) in [4.78, 5) is 8.03. The van der Waals surface area contributed by atoms with Gasteiger partial charge in [0.05, 0.1) is 17.4 Å². The van der Waals surface area contributed by atoms with Crippen LogP contribution in [-0.2, 0) is 6.42 Å². The van der Waals surface area contributed by atoms with E-state index in [0.29, 0.717) is 6.42 Å². The maximum Gasteiger partial charge on any atom is 0.0931 e. The van der Waals surface area contributed by atoms with Gasteiger partial charge in [0, 0.05) is 11.5 Å². The van der Waals surface area contributed by atoms with Crippen molar-refractivity contribution in [2.24, 2.45) is 0 Å². The van der Waals surface area contributed by atoms with Crippen molar-refractivity contribution < 1.29 is 5.11 Å². The second kappa shape index (κ2) is 3.40. The number of fused-ring (bicyclic) bond motifs is 1. The summed E-state index contributed by atoms with van der Waals surface area (Å²) in [7, 11) is 0. The van der Waals surface area contributed by atoms with Crippen molar-refractivity contribution in [3.05, 3.63) is 24.0 Å². The monoisotopic (exact) mass is 194 g/mol. The first-order valence-electron chi connectivity index (χ1n) is 4.07. The standard InChI is InChI=1S/C9H10N2OS/c12-2-1-6-3-7-8(4-9(6)13)11-5-10-7/h3-5,12-13H,1-2H2,(H,10,11). The zero-order valence-corrected chi connectivity index (χ0v) is 7.88. The van der Waals surface area contributed by atoms with Gasteiger partial charge in [0.1, 0.15) is 0 Å². The number of rotatable bonds is 2. The average Bonchev–Trinajstić information content (AvgIpc) is 2.52. The molecule has 0 fully saturated rings. The van der Waals surface area contributed by atoms with Gasteiger partial charge in [-0.1, -0.05) is 0 Å². The van der Waals surface area contributed by atoms with Gasteiger partial charge in [0.2, 0.25) is 0 Å². The molecule has 0 amide bonds. The summed E-state index contributed by atoms with van der Waals surface area (Å²) in [5.74, 6) is 0. The summed E-state index contributed by atoms with van der Waals surface area (Å²) in [6.07, 6.45) is 2.28. The normalized spacial score (nSPS) is 10.9. The van der Waals surface area contributed by atoms with E-state index in [4.69, 9.17) is 5.11 Å². The summed E-state index contributed by atoms with van der Waals surface area (Å²) in [5, 5.41) is 8.80. The number of nitrogens with one attached hydrogen (secondary N) is 1. The molecule has 0 aliphatic carbocycles. The van der Waals surface area contributed by atoms with Crippen LogP contribution in [0.2, 0.25) is 0 Å². The van der Waals surface area contributed by atoms with Crippen molar-refractivity contribution >= 4 is 23.7 Å². The van der Waals surface area contributed by atoms with Crippen molar-refractivity contribution in [1.29, 1.82) is 0 Å². The zero-order valence-electron chi connectivity index (χ0n) is 6.99. The van der Waals surface area contributed by atoms with Crippen molar-refractivity contribution in [3.63, 3.8) is 0 Å². The van der Waals surface area contributed by atoms with E-state index in [1.165, 1.54) is 0 Å². The van der Waals surface area contributed by atoms with Crippen molar-refractivity contribution in [3.8, 4) is 0 Å². The maximum atomic E-state index is 8.80. The number of H-pyrrole nitrogens is 1. The minimum Gasteiger partial charge on any atom is -0.396 e. The molecule has 0 unspecified atom stereocenters. The number of aliphatic hydroxyl groups is 1. The van der Waals surface area contributed by atoms with E-state index in [0.717, 1.165) is 21.5 Å². The molecule has 0 saturated carbocycles. The molecule has 1 aromatic carbocycles. The number of hydrogen-bond donors (Lipinski definition) is 3. The van der Waals surface area contributed by atoms with Crippen LogP contribution in [0.4, 0.5) is 0 Å². The molecule has 0 atom stereocenters. The summed E-state index contributed by atoms with van der Waals surface area (Å²) >= 11 is 4.32. The third kappa shape index (κ3) is 1.55. The molecule has 3 nitrogen and oxygen atoms in total. The lowest BCUT2D eigenvalue weighted by Crippen LogP contribution is -1.92. The minimum atomic E-state index is 0.142. The Bertz CT molecular complexity index is 424. The highest BCUT2D eigenvalue weighted by molar-refractivity contribution is 7.80. The Morgan fingerprint density at radius 3 is 3.08 bits per heavy atom. The molecule has 2 aromatic rings. The molecule has 13 heavy (non-hydrogen) atoms. The molecule has 2 rings (SSSR count). The molecule has 1 aromatic heterocycles. The van der Waals surface area contributed by atoms with E-state index >= 15 is 0 Å². The number of thiol groups is 1. The van der Waals surface area contributed by atoms with Crippen LogP contribution in [0.25, 0.3) is 11.0 Å². The van der Waals surface area contributed by atoms with Crippen LogP contribution in [0.15, 0.2) is 23.4 Å². The lowest BCUT2D eigenvalue weighted by atomic mass is 10.1. The van der Waals surface area contributed by atoms with Crippen LogP contribution < -0.4 is 0 Å². The molecule has 68 valence electrons. The Morgan fingerprint density at radius 1 is 1.46 bits per heavy atom. The molecule has 0 spiro atoms. The number of benzene rings is 1. The van der Waals surface area contributed by atoms with Gasteiger partial charge in [-0.15, -0.1) is 12.6 Å². The first-order valence-corrected chi connectivity index (χ1v) is 4.52. The molecule has 0 aliphatic rings. The lowest BCUT2D eigenvalue weighted by molar-refractivity contribution is 0.299. The number of imidazole rings is 1. The number of aromatic nitrogens is 2. The molecule has 0 radical (unpaired) electrons. The number of hydrogen-bond acceptors (Lipinski definition) is 3. The third-order valence-corrected chi connectivity index (χ3v) is 2.42. The average molecular weight is 194 g/mol. The second-order valence-corrected chi connectivity index (χ2v) is 3.36. The fourth-order valence-electron chi connectivity index (χ4n) is 1.33. The van der Waals surface area contributed by atoms with Crippen LogP contribution in [0.1, 0.15) is 5.56 Å². The number of aromatic amines is 1. The second-order valence-electron chi connectivity index (χ2n) is 2.87. The Hall–Kier alpha value is -1.00. The van der Waals surface area contributed by atoms with E-state index in [-0.39, 0.29) is 6.61 Å². The Kier molecular flexibility index (Phi) is 2.24. The molecule has 0 bridgehead atoms. The SMILES string of the molecule is OCCc1cc2nc[nH]c2cc1S. The van der Waals surface area contributed by atoms with Gasteiger partial charge in [0.25, 0.3) is 0 Å². The van der Waals surface area contributed by atoms with E-state index in [2.05, 4.69) is 22.6 Å². The van der Waals surface area contributed by atoms with Gasteiger partial charge < -0.3 is 10.1 Å². The summed E-state index contributed by atoms with van der Waals surface area (Å²) < 4.78 is 0. The summed E-state index contributed by atoms with van der Waals surface area (Å²) in [6, 6.07) is 3.88. The van der Waals surface area contributed by atoms with Gasteiger partial charge in [0.15, 0.2) is 0 Å². The molecule has 1 heterocycles. The van der Waals surface area contributed by atoms with E-state index in [9.17, 15) is 0 Å². The fraction of sp³-hybridized carbons (Fsp3) is 0.222. The van der Waals surface area contributed by atoms with Gasteiger partial charge in [-0.05, 0) is 24.1 Å². The van der Waals surface area contributed by atoms with Gasteiger partial charge in [-0.2, -0.15) is 0 Å². The largest absolute Gasteiger partial charge is 0.396 e. The van der Waals surface area contributed by atoms with E-state index in [1.54, 1.807) is 6.33 Å². The van der Waals surface area contributed by atoms with E-state index < -0.39 is 0 Å². The summed E-state index contributed by atoms with van der Waals surface area (Å²) in [5.41, 5.74) is 2.93. The number of nitrogens with zero attached hydrogens (tertiary/aromatic N) is 1. The minimum absolute atomic E-state index is 0.142. The molecule has 2 N–H and O–H groups in total. The van der Waals surface area contributed by atoms with E-state index in [1.807, 2.05) is 12.1 Å².